The number of anilines is 2. The Morgan fingerprint density at radius 2 is 1.96 bits per heavy atom. The molecule has 6 nitrogen and oxygen atoms in total. The smallest absolute Gasteiger partial charge is 0.246 e. The van der Waals surface area contributed by atoms with Crippen molar-refractivity contribution in [2.45, 2.75) is 38.1 Å². The molecule has 2 N–H and O–H groups in total. The number of sulfonamides is 1. The van der Waals surface area contributed by atoms with E-state index in [1.165, 1.54) is 6.07 Å². The number of rotatable bonds is 5. The monoisotopic (exact) mass is 387 g/mol. The highest BCUT2D eigenvalue weighted by molar-refractivity contribution is 7.89. The fraction of sp³-hybridized carbons (Fsp3) is 0.350. The summed E-state index contributed by atoms with van der Waals surface area (Å²) in [6.07, 6.45) is 0.612. The van der Waals surface area contributed by atoms with Crippen molar-refractivity contribution < 1.29 is 13.2 Å². The van der Waals surface area contributed by atoms with E-state index in [1.54, 1.807) is 17.0 Å². The van der Waals surface area contributed by atoms with Gasteiger partial charge in [0.1, 0.15) is 0 Å². The van der Waals surface area contributed by atoms with Crippen molar-refractivity contribution in [1.82, 2.24) is 0 Å². The molecule has 0 bridgehead atoms. The van der Waals surface area contributed by atoms with Gasteiger partial charge in [-0.3, -0.25) is 4.79 Å². The number of nitrogens with two attached hydrogens (primary N) is 1. The second-order valence-electron chi connectivity index (χ2n) is 6.95. The molecule has 1 atom stereocenters. The first-order valence-electron chi connectivity index (χ1n) is 9.00. The molecule has 0 saturated heterocycles. The minimum Gasteiger partial charge on any atom is -0.362 e. The Kier molecular flexibility index (Phi) is 5.26. The van der Waals surface area contributed by atoms with E-state index in [4.69, 9.17) is 5.14 Å². The molecule has 27 heavy (non-hydrogen) atoms. The van der Waals surface area contributed by atoms with Crippen LogP contribution in [-0.4, -0.2) is 33.5 Å². The summed E-state index contributed by atoms with van der Waals surface area (Å²) in [7, 11) is -3.76. The van der Waals surface area contributed by atoms with Crippen molar-refractivity contribution in [3.8, 4) is 0 Å². The lowest BCUT2D eigenvalue weighted by Crippen LogP contribution is -2.43. The molecule has 144 valence electrons. The van der Waals surface area contributed by atoms with Gasteiger partial charge >= 0.3 is 0 Å². The lowest BCUT2D eigenvalue weighted by atomic mass is 10.1. The average molecular weight is 388 g/mol. The Balaban J connectivity index is 1.87. The highest BCUT2D eigenvalue weighted by Crippen LogP contribution is 2.34. The highest BCUT2D eigenvalue weighted by atomic mass is 32.2. The largest absolute Gasteiger partial charge is 0.362 e. The van der Waals surface area contributed by atoms with Gasteiger partial charge in [-0.25, -0.2) is 13.6 Å². The minimum atomic E-state index is -3.76. The third kappa shape index (κ3) is 3.84. The number of carbonyl (C=O) groups is 1. The summed E-state index contributed by atoms with van der Waals surface area (Å²) in [5.74, 6) is -0.00490. The second-order valence-corrected chi connectivity index (χ2v) is 8.51. The van der Waals surface area contributed by atoms with Gasteiger partial charge in [0.25, 0.3) is 0 Å². The van der Waals surface area contributed by atoms with Crippen LogP contribution in [0.1, 0.15) is 25.0 Å². The molecule has 0 aromatic heterocycles. The second kappa shape index (κ2) is 7.32. The van der Waals surface area contributed by atoms with Crippen molar-refractivity contribution in [2.75, 3.05) is 22.9 Å². The van der Waals surface area contributed by atoms with E-state index in [0.29, 0.717) is 6.42 Å². The summed E-state index contributed by atoms with van der Waals surface area (Å²) in [5, 5.41) is 5.23. The lowest BCUT2D eigenvalue weighted by molar-refractivity contribution is -0.117. The Hall–Kier alpha value is -2.38. The van der Waals surface area contributed by atoms with Crippen LogP contribution in [0.15, 0.2) is 47.4 Å². The van der Waals surface area contributed by atoms with Crippen molar-refractivity contribution in [2.24, 2.45) is 5.14 Å². The van der Waals surface area contributed by atoms with Crippen LogP contribution in [0.2, 0.25) is 0 Å². The zero-order valence-electron chi connectivity index (χ0n) is 15.8. The summed E-state index contributed by atoms with van der Waals surface area (Å²) in [6.45, 7) is 7.02. The predicted molar refractivity (Wildman–Crippen MR) is 108 cm³/mol. The number of benzene rings is 2. The number of nitrogens with zero attached hydrogens (tertiary/aromatic N) is 2. The van der Waals surface area contributed by atoms with Crippen molar-refractivity contribution in [3.05, 3.63) is 53.6 Å². The van der Waals surface area contributed by atoms with Crippen molar-refractivity contribution in [1.29, 1.82) is 0 Å². The molecule has 3 rings (SSSR count). The van der Waals surface area contributed by atoms with Gasteiger partial charge < -0.3 is 9.80 Å². The number of likely N-dealkylation sites (N-methyl/N-ethyl adjacent to an activating group) is 1. The van der Waals surface area contributed by atoms with Crippen molar-refractivity contribution in [3.63, 3.8) is 0 Å². The number of primary sulfonamides is 1. The summed E-state index contributed by atoms with van der Waals surface area (Å²) in [6, 6.07) is 12.7. The third-order valence-corrected chi connectivity index (χ3v) is 5.94. The number of hydrogen-bond donors (Lipinski definition) is 1. The predicted octanol–water partition coefficient (Wildman–Crippen LogP) is 2.45. The third-order valence-electron chi connectivity index (χ3n) is 5.03. The zero-order chi connectivity index (χ0) is 19.8. The van der Waals surface area contributed by atoms with E-state index in [1.807, 2.05) is 45.0 Å². The number of fused-ring (bicyclic) bond motifs is 1. The van der Waals surface area contributed by atoms with Crippen LogP contribution < -0.4 is 14.9 Å². The van der Waals surface area contributed by atoms with Gasteiger partial charge in [-0.05, 0) is 62.6 Å². The zero-order valence-corrected chi connectivity index (χ0v) is 16.7. The van der Waals surface area contributed by atoms with Crippen LogP contribution in [0, 0.1) is 6.92 Å². The number of aryl methyl sites for hydroxylation is 1. The number of para-hydroxylation sites is 1. The molecule has 0 saturated carbocycles. The Morgan fingerprint density at radius 3 is 2.59 bits per heavy atom. The SMILES string of the molecule is CCN(CC(=O)N1c2ccc(S(N)(=O)=O)cc2C[C@H]1C)c1ccccc1C. The molecule has 1 aliphatic heterocycles. The summed E-state index contributed by atoms with van der Waals surface area (Å²) in [4.78, 5) is 17.0. The fourth-order valence-corrected chi connectivity index (χ4v) is 4.25. The van der Waals surface area contributed by atoms with Gasteiger partial charge in [0.15, 0.2) is 0 Å². The molecule has 0 spiro atoms. The van der Waals surface area contributed by atoms with Gasteiger partial charge in [-0.2, -0.15) is 0 Å². The first kappa shape index (κ1) is 19.4. The first-order valence-corrected chi connectivity index (χ1v) is 10.6. The van der Waals surface area contributed by atoms with E-state index in [2.05, 4.69) is 4.90 Å². The molecule has 7 heteroatoms. The maximum absolute atomic E-state index is 13.1. The Morgan fingerprint density at radius 1 is 1.26 bits per heavy atom. The fourth-order valence-electron chi connectivity index (χ4n) is 3.69. The van der Waals surface area contributed by atoms with E-state index in [-0.39, 0.29) is 23.4 Å². The molecule has 0 unspecified atom stereocenters. The molecule has 0 aliphatic carbocycles. The molecule has 2 aromatic carbocycles. The summed E-state index contributed by atoms with van der Waals surface area (Å²) >= 11 is 0. The molecule has 0 fully saturated rings. The highest BCUT2D eigenvalue weighted by Gasteiger charge is 2.32. The van der Waals surface area contributed by atoms with Crippen LogP contribution in [-0.2, 0) is 21.2 Å². The molecule has 2 aromatic rings. The average Bonchev–Trinajstić information content (AvgIpc) is 2.94. The van der Waals surface area contributed by atoms with E-state index in [0.717, 1.165) is 29.0 Å². The van der Waals surface area contributed by atoms with E-state index in [9.17, 15) is 13.2 Å². The number of carbonyl (C=O) groups excluding carboxylic acids is 1. The maximum Gasteiger partial charge on any atom is 0.246 e. The standard InChI is InChI=1S/C20H25N3O3S/c1-4-22(18-8-6-5-7-14(18)2)13-20(24)23-15(3)11-16-12-17(27(21,25)26)9-10-19(16)23/h5-10,12,15H,4,11,13H2,1-3H3,(H2,21,25,26)/t15-/m1/s1. The van der Waals surface area contributed by atoms with Gasteiger partial charge in [0, 0.05) is 24.0 Å². The quantitative estimate of drug-likeness (QED) is 0.854. The van der Waals surface area contributed by atoms with Crippen LogP contribution in [0.4, 0.5) is 11.4 Å². The molecule has 0 radical (unpaired) electrons. The molecule has 1 heterocycles. The molecule has 1 amide bonds. The lowest BCUT2D eigenvalue weighted by Gasteiger charge is -2.29. The van der Waals surface area contributed by atoms with Crippen LogP contribution in [0.25, 0.3) is 0 Å². The van der Waals surface area contributed by atoms with Gasteiger partial charge in [-0.15, -0.1) is 0 Å². The molecular formula is C20H25N3O3S. The topological polar surface area (TPSA) is 83.7 Å². The number of amides is 1. The summed E-state index contributed by atoms with van der Waals surface area (Å²) < 4.78 is 23.2. The van der Waals surface area contributed by atoms with Crippen LogP contribution in [0.5, 0.6) is 0 Å². The molecular weight excluding hydrogens is 362 g/mol. The van der Waals surface area contributed by atoms with E-state index >= 15 is 0 Å². The number of hydrogen-bond acceptors (Lipinski definition) is 4. The van der Waals surface area contributed by atoms with Gasteiger partial charge in [-0.1, -0.05) is 18.2 Å². The maximum atomic E-state index is 13.1. The Labute approximate surface area is 160 Å². The van der Waals surface area contributed by atoms with Gasteiger partial charge in [0.2, 0.25) is 15.9 Å². The minimum absolute atomic E-state index is 0.00490. The first-order chi connectivity index (χ1) is 12.7. The summed E-state index contributed by atoms with van der Waals surface area (Å²) in [5.41, 5.74) is 3.77. The van der Waals surface area contributed by atoms with Crippen LogP contribution >= 0.6 is 0 Å². The van der Waals surface area contributed by atoms with Gasteiger partial charge in [0.05, 0.1) is 11.4 Å². The normalized spacial score (nSPS) is 16.3. The van der Waals surface area contributed by atoms with Crippen LogP contribution in [0.3, 0.4) is 0 Å². The Bertz CT molecular complexity index is 972. The van der Waals surface area contributed by atoms with Crippen molar-refractivity contribution >= 4 is 27.3 Å². The van der Waals surface area contributed by atoms with E-state index < -0.39 is 10.0 Å². The molecule has 1 aliphatic rings.